The quantitative estimate of drug-likeness (QED) is 0.778. The molecule has 1 aromatic carbocycles. The van der Waals surface area contributed by atoms with Crippen molar-refractivity contribution < 1.29 is 22.4 Å². The molecule has 0 spiro atoms. The number of rotatable bonds is 2. The Bertz CT molecular complexity index is 755. The number of nitrogens with zero attached hydrogens (tertiary/aromatic N) is 4. The summed E-state index contributed by atoms with van der Waals surface area (Å²) in [5.74, 6) is -0.684. The Morgan fingerprint density at radius 2 is 1.64 bits per heavy atom. The average Bonchev–Trinajstić information content (AvgIpc) is 2.61. The summed E-state index contributed by atoms with van der Waals surface area (Å²) in [6.07, 6.45) is -3.46. The lowest BCUT2D eigenvalue weighted by Gasteiger charge is -2.34. The van der Waals surface area contributed by atoms with E-state index in [0.717, 1.165) is 12.3 Å². The average molecular weight is 354 g/mol. The summed E-state index contributed by atoms with van der Waals surface area (Å²) in [5, 5.41) is 0. The lowest BCUT2D eigenvalue weighted by Crippen LogP contribution is -2.49. The minimum Gasteiger partial charge on any atom is -0.337 e. The van der Waals surface area contributed by atoms with E-state index in [2.05, 4.69) is 9.97 Å². The Hall–Kier alpha value is -2.71. The van der Waals surface area contributed by atoms with Crippen molar-refractivity contribution in [3.8, 4) is 0 Å². The number of aromatic nitrogens is 2. The van der Waals surface area contributed by atoms with Crippen LogP contribution >= 0.6 is 0 Å². The Morgan fingerprint density at radius 3 is 2.24 bits per heavy atom. The van der Waals surface area contributed by atoms with Gasteiger partial charge in [-0.05, 0) is 30.3 Å². The molecule has 1 aliphatic rings. The predicted molar refractivity (Wildman–Crippen MR) is 81.6 cm³/mol. The summed E-state index contributed by atoms with van der Waals surface area (Å²) < 4.78 is 51.1. The second-order valence-corrected chi connectivity index (χ2v) is 5.53. The van der Waals surface area contributed by atoms with E-state index in [-0.39, 0.29) is 11.9 Å². The fraction of sp³-hybridized carbons (Fsp3) is 0.312. The fourth-order valence-electron chi connectivity index (χ4n) is 2.54. The number of piperazine rings is 1. The van der Waals surface area contributed by atoms with Crippen molar-refractivity contribution in [3.63, 3.8) is 0 Å². The second-order valence-electron chi connectivity index (χ2n) is 5.53. The van der Waals surface area contributed by atoms with Crippen LogP contribution in [0.3, 0.4) is 0 Å². The number of alkyl halides is 3. The zero-order valence-corrected chi connectivity index (χ0v) is 13.0. The lowest BCUT2D eigenvalue weighted by atomic mass is 10.2. The van der Waals surface area contributed by atoms with Crippen molar-refractivity contribution in [2.75, 3.05) is 31.1 Å². The van der Waals surface area contributed by atoms with Gasteiger partial charge in [-0.1, -0.05) is 0 Å². The maximum atomic E-state index is 12.9. The summed E-state index contributed by atoms with van der Waals surface area (Å²) in [4.78, 5) is 22.9. The molecular formula is C16H14F4N4O. The molecule has 1 aliphatic heterocycles. The molecule has 0 bridgehead atoms. The third kappa shape index (κ3) is 3.86. The summed E-state index contributed by atoms with van der Waals surface area (Å²) in [6, 6.07) is 6.04. The number of amides is 1. The molecule has 1 saturated heterocycles. The van der Waals surface area contributed by atoms with Crippen molar-refractivity contribution in [3.05, 3.63) is 53.6 Å². The van der Waals surface area contributed by atoms with Crippen LogP contribution in [0.1, 0.15) is 16.1 Å². The van der Waals surface area contributed by atoms with Crippen LogP contribution in [0, 0.1) is 5.82 Å². The standard InChI is InChI=1S/C16H14F4N4O/c17-12-3-1-11(2-4-12)14(25)23-7-9-24(10-8-23)15-21-6-5-13(22-15)16(18,19)20/h1-6H,7-10H2. The molecule has 0 aliphatic carbocycles. The zero-order valence-electron chi connectivity index (χ0n) is 13.0. The molecule has 1 fully saturated rings. The smallest absolute Gasteiger partial charge is 0.337 e. The SMILES string of the molecule is O=C(c1ccc(F)cc1)N1CCN(c2nccc(C(F)(F)F)n2)CC1. The van der Waals surface area contributed by atoms with E-state index in [1.165, 1.54) is 24.3 Å². The highest BCUT2D eigenvalue weighted by Crippen LogP contribution is 2.28. The summed E-state index contributed by atoms with van der Waals surface area (Å²) in [5.41, 5.74) is -0.632. The monoisotopic (exact) mass is 354 g/mol. The first kappa shape index (κ1) is 17.1. The molecule has 0 unspecified atom stereocenters. The minimum absolute atomic E-state index is 0.0105. The fourth-order valence-corrected chi connectivity index (χ4v) is 2.54. The van der Waals surface area contributed by atoms with E-state index in [9.17, 15) is 22.4 Å². The Balaban J connectivity index is 1.66. The molecule has 9 heteroatoms. The van der Waals surface area contributed by atoms with Gasteiger partial charge in [0.1, 0.15) is 11.5 Å². The van der Waals surface area contributed by atoms with Crippen molar-refractivity contribution >= 4 is 11.9 Å². The molecule has 1 amide bonds. The molecule has 1 aromatic heterocycles. The van der Waals surface area contributed by atoms with Crippen LogP contribution in [-0.2, 0) is 6.18 Å². The lowest BCUT2D eigenvalue weighted by molar-refractivity contribution is -0.141. The van der Waals surface area contributed by atoms with Gasteiger partial charge in [0, 0.05) is 37.9 Å². The Morgan fingerprint density at radius 1 is 1.00 bits per heavy atom. The highest BCUT2D eigenvalue weighted by atomic mass is 19.4. The number of hydrogen-bond donors (Lipinski definition) is 0. The number of carbonyl (C=O) groups is 1. The van der Waals surface area contributed by atoms with Gasteiger partial charge in [-0.2, -0.15) is 13.2 Å². The van der Waals surface area contributed by atoms with Gasteiger partial charge < -0.3 is 9.80 Å². The second kappa shape index (κ2) is 6.66. The van der Waals surface area contributed by atoms with Crippen LogP contribution in [-0.4, -0.2) is 47.0 Å². The molecule has 2 heterocycles. The highest BCUT2D eigenvalue weighted by Gasteiger charge is 2.33. The number of carbonyl (C=O) groups excluding carboxylic acids is 1. The predicted octanol–water partition coefficient (Wildman–Crippen LogP) is 2.60. The van der Waals surface area contributed by atoms with Crippen LogP contribution in [0.4, 0.5) is 23.5 Å². The molecule has 0 N–H and O–H groups in total. The molecule has 0 atom stereocenters. The topological polar surface area (TPSA) is 49.3 Å². The number of anilines is 1. The molecule has 5 nitrogen and oxygen atoms in total. The van der Waals surface area contributed by atoms with Crippen molar-refractivity contribution in [2.24, 2.45) is 0 Å². The van der Waals surface area contributed by atoms with Gasteiger partial charge in [0.15, 0.2) is 0 Å². The number of halogens is 4. The van der Waals surface area contributed by atoms with E-state index in [1.54, 1.807) is 9.80 Å². The van der Waals surface area contributed by atoms with Crippen molar-refractivity contribution in [2.45, 2.75) is 6.18 Å². The van der Waals surface area contributed by atoms with Crippen LogP contribution < -0.4 is 4.90 Å². The summed E-state index contributed by atoms with van der Waals surface area (Å²) >= 11 is 0. The van der Waals surface area contributed by atoms with E-state index in [4.69, 9.17) is 0 Å². The summed E-state index contributed by atoms with van der Waals surface area (Å²) in [6.45, 7) is 1.26. The molecule has 25 heavy (non-hydrogen) atoms. The van der Waals surface area contributed by atoms with E-state index in [1.807, 2.05) is 0 Å². The van der Waals surface area contributed by atoms with Crippen molar-refractivity contribution in [1.29, 1.82) is 0 Å². The molecule has 3 rings (SSSR count). The van der Waals surface area contributed by atoms with Gasteiger partial charge in [0.05, 0.1) is 0 Å². The van der Waals surface area contributed by atoms with Crippen LogP contribution in [0.2, 0.25) is 0 Å². The maximum absolute atomic E-state index is 12.9. The number of hydrogen-bond acceptors (Lipinski definition) is 4. The van der Waals surface area contributed by atoms with E-state index in [0.29, 0.717) is 31.7 Å². The van der Waals surface area contributed by atoms with Crippen LogP contribution in [0.25, 0.3) is 0 Å². The molecule has 132 valence electrons. The maximum Gasteiger partial charge on any atom is 0.433 e. The van der Waals surface area contributed by atoms with Crippen molar-refractivity contribution in [1.82, 2.24) is 14.9 Å². The zero-order chi connectivity index (χ0) is 18.0. The largest absolute Gasteiger partial charge is 0.433 e. The van der Waals surface area contributed by atoms with Crippen LogP contribution in [0.15, 0.2) is 36.5 Å². The van der Waals surface area contributed by atoms with Gasteiger partial charge in [-0.25, -0.2) is 14.4 Å². The van der Waals surface area contributed by atoms with E-state index < -0.39 is 17.7 Å². The normalized spacial score (nSPS) is 15.4. The van der Waals surface area contributed by atoms with E-state index >= 15 is 0 Å². The molecule has 2 aromatic rings. The third-order valence-electron chi connectivity index (χ3n) is 3.87. The third-order valence-corrected chi connectivity index (χ3v) is 3.87. The Labute approximate surface area is 140 Å². The minimum atomic E-state index is -4.53. The molecule has 0 radical (unpaired) electrons. The number of benzene rings is 1. The van der Waals surface area contributed by atoms with Gasteiger partial charge in [-0.15, -0.1) is 0 Å². The van der Waals surface area contributed by atoms with Crippen LogP contribution in [0.5, 0.6) is 0 Å². The Kier molecular flexibility index (Phi) is 4.56. The summed E-state index contributed by atoms with van der Waals surface area (Å²) in [7, 11) is 0. The van der Waals surface area contributed by atoms with Gasteiger partial charge in [-0.3, -0.25) is 4.79 Å². The molecular weight excluding hydrogens is 340 g/mol. The first-order valence-corrected chi connectivity index (χ1v) is 7.54. The first-order chi connectivity index (χ1) is 11.8. The first-order valence-electron chi connectivity index (χ1n) is 7.54. The van der Waals surface area contributed by atoms with Gasteiger partial charge in [0.25, 0.3) is 5.91 Å². The van der Waals surface area contributed by atoms with Gasteiger partial charge in [0.2, 0.25) is 5.95 Å². The van der Waals surface area contributed by atoms with Gasteiger partial charge >= 0.3 is 6.18 Å². The molecule has 0 saturated carbocycles. The highest BCUT2D eigenvalue weighted by molar-refractivity contribution is 5.94.